The first-order chi connectivity index (χ1) is 5.23. The molecule has 0 bridgehead atoms. The fraction of sp³-hybridized carbons (Fsp3) is 0.875. The Morgan fingerprint density at radius 3 is 2.55 bits per heavy atom. The van der Waals surface area contributed by atoms with E-state index < -0.39 is 0 Å². The van der Waals surface area contributed by atoms with E-state index in [4.69, 9.17) is 18.0 Å². The predicted octanol–water partition coefficient (Wildman–Crippen LogP) is 1.01. The van der Waals surface area contributed by atoms with E-state index >= 15 is 0 Å². The minimum atomic E-state index is 0.455. The summed E-state index contributed by atoms with van der Waals surface area (Å²) in [6.07, 6.45) is 5.62. The molecule has 2 aliphatic carbocycles. The Hall–Kier alpha value is -0.310. The van der Waals surface area contributed by atoms with Gasteiger partial charge in [-0.2, -0.15) is 0 Å². The van der Waals surface area contributed by atoms with Crippen LogP contribution in [-0.4, -0.2) is 11.7 Å². The van der Waals surface area contributed by atoms with Gasteiger partial charge in [0, 0.05) is 6.54 Å². The molecule has 3 N–H and O–H groups in total. The predicted molar refractivity (Wildman–Crippen MR) is 49.2 cm³/mol. The van der Waals surface area contributed by atoms with Crippen LogP contribution in [0.4, 0.5) is 0 Å². The molecular weight excluding hydrogens is 156 g/mol. The van der Waals surface area contributed by atoms with Crippen LogP contribution < -0.4 is 11.1 Å². The van der Waals surface area contributed by atoms with E-state index in [1.807, 2.05) is 0 Å². The van der Waals surface area contributed by atoms with Crippen LogP contribution in [0.25, 0.3) is 0 Å². The maximum Gasteiger partial charge on any atom is 0.163 e. The molecule has 0 aromatic heterocycles. The number of rotatable bonds is 3. The summed E-state index contributed by atoms with van der Waals surface area (Å²) in [7, 11) is 0. The lowest BCUT2D eigenvalue weighted by molar-refractivity contribution is 0.434. The summed E-state index contributed by atoms with van der Waals surface area (Å²) in [6.45, 7) is 1.02. The Labute approximate surface area is 72.5 Å². The fourth-order valence-electron chi connectivity index (χ4n) is 1.85. The van der Waals surface area contributed by atoms with E-state index in [1.54, 1.807) is 0 Å². The van der Waals surface area contributed by atoms with E-state index in [1.165, 1.54) is 25.7 Å². The summed E-state index contributed by atoms with van der Waals surface area (Å²) >= 11 is 4.76. The highest BCUT2D eigenvalue weighted by Crippen LogP contribution is 2.60. The number of thiocarbonyl (C=S) groups is 1. The quantitative estimate of drug-likeness (QED) is 0.621. The molecule has 2 fully saturated rings. The lowest BCUT2D eigenvalue weighted by Crippen LogP contribution is -2.34. The van der Waals surface area contributed by atoms with Crippen molar-refractivity contribution in [3.05, 3.63) is 0 Å². The average Bonchev–Trinajstić information content (AvgIpc) is 2.79. The van der Waals surface area contributed by atoms with Gasteiger partial charge in [0.1, 0.15) is 0 Å². The number of hydrogen-bond acceptors (Lipinski definition) is 1. The monoisotopic (exact) mass is 170 g/mol. The molecule has 2 nitrogen and oxygen atoms in total. The third-order valence-corrected chi connectivity index (χ3v) is 3.09. The van der Waals surface area contributed by atoms with Crippen molar-refractivity contribution < 1.29 is 0 Å². The summed E-state index contributed by atoms with van der Waals surface area (Å²) in [6, 6.07) is 0. The molecule has 2 rings (SSSR count). The van der Waals surface area contributed by atoms with Gasteiger partial charge in [0.15, 0.2) is 5.11 Å². The van der Waals surface area contributed by atoms with Crippen molar-refractivity contribution in [2.75, 3.05) is 6.54 Å². The Morgan fingerprint density at radius 2 is 2.18 bits per heavy atom. The van der Waals surface area contributed by atoms with Crippen LogP contribution in [-0.2, 0) is 0 Å². The molecule has 2 aliphatic rings. The molecule has 0 aromatic rings. The zero-order chi connectivity index (χ0) is 7.90. The third kappa shape index (κ3) is 1.48. The largest absolute Gasteiger partial charge is 0.376 e. The number of nitrogens with one attached hydrogen (secondary N) is 1. The molecule has 0 saturated heterocycles. The number of nitrogens with two attached hydrogens (primary N) is 1. The second kappa shape index (κ2) is 2.34. The maximum absolute atomic E-state index is 5.37. The van der Waals surface area contributed by atoms with E-state index in [0.29, 0.717) is 10.5 Å². The smallest absolute Gasteiger partial charge is 0.163 e. The van der Waals surface area contributed by atoms with E-state index in [0.717, 1.165) is 12.5 Å². The highest BCUT2D eigenvalue weighted by Gasteiger charge is 2.53. The van der Waals surface area contributed by atoms with Gasteiger partial charge in [0.25, 0.3) is 0 Å². The van der Waals surface area contributed by atoms with Crippen molar-refractivity contribution in [2.45, 2.75) is 25.7 Å². The van der Waals surface area contributed by atoms with Gasteiger partial charge in [-0.3, -0.25) is 0 Å². The van der Waals surface area contributed by atoms with Crippen molar-refractivity contribution >= 4 is 17.3 Å². The average molecular weight is 170 g/mol. The normalized spacial score (nSPS) is 26.2. The van der Waals surface area contributed by atoms with Crippen molar-refractivity contribution in [2.24, 2.45) is 17.1 Å². The van der Waals surface area contributed by atoms with Gasteiger partial charge < -0.3 is 11.1 Å². The highest BCUT2D eigenvalue weighted by molar-refractivity contribution is 7.80. The van der Waals surface area contributed by atoms with Gasteiger partial charge in [0.05, 0.1) is 0 Å². The molecule has 62 valence electrons. The van der Waals surface area contributed by atoms with Gasteiger partial charge in [-0.25, -0.2) is 0 Å². The van der Waals surface area contributed by atoms with Gasteiger partial charge in [-0.1, -0.05) is 0 Å². The van der Waals surface area contributed by atoms with Gasteiger partial charge in [-0.15, -0.1) is 0 Å². The van der Waals surface area contributed by atoms with Gasteiger partial charge in [0.2, 0.25) is 0 Å². The molecule has 0 amide bonds. The molecule has 0 aliphatic heterocycles. The Morgan fingerprint density at radius 1 is 1.55 bits per heavy atom. The second-order valence-electron chi connectivity index (χ2n) is 3.85. The summed E-state index contributed by atoms with van der Waals surface area (Å²) in [5.74, 6) is 0.990. The summed E-state index contributed by atoms with van der Waals surface area (Å²) in [5.41, 5.74) is 5.98. The highest BCUT2D eigenvalue weighted by atomic mass is 32.1. The minimum Gasteiger partial charge on any atom is -0.376 e. The maximum atomic E-state index is 5.37. The number of hydrogen-bond donors (Lipinski definition) is 2. The van der Waals surface area contributed by atoms with Crippen LogP contribution in [0, 0.1) is 11.3 Å². The molecule has 0 radical (unpaired) electrons. The van der Waals surface area contributed by atoms with Crippen molar-refractivity contribution in [3.63, 3.8) is 0 Å². The Kier molecular flexibility index (Phi) is 1.56. The second-order valence-corrected chi connectivity index (χ2v) is 4.29. The van der Waals surface area contributed by atoms with Crippen LogP contribution in [0.3, 0.4) is 0 Å². The minimum absolute atomic E-state index is 0.455. The van der Waals surface area contributed by atoms with Crippen LogP contribution in [0.5, 0.6) is 0 Å². The molecule has 0 aromatic carbocycles. The van der Waals surface area contributed by atoms with Crippen molar-refractivity contribution in [3.8, 4) is 0 Å². The first-order valence-electron chi connectivity index (χ1n) is 4.26. The lowest BCUT2D eigenvalue weighted by Gasteiger charge is -2.14. The molecule has 3 heteroatoms. The Bertz CT molecular complexity index is 183. The van der Waals surface area contributed by atoms with E-state index in [9.17, 15) is 0 Å². The zero-order valence-electron chi connectivity index (χ0n) is 6.60. The van der Waals surface area contributed by atoms with Crippen molar-refractivity contribution in [1.29, 1.82) is 0 Å². The molecular formula is C8H14N2S. The van der Waals surface area contributed by atoms with Crippen LogP contribution >= 0.6 is 12.2 Å². The molecule has 0 heterocycles. The van der Waals surface area contributed by atoms with Crippen LogP contribution in [0.15, 0.2) is 0 Å². The molecule has 0 atom stereocenters. The van der Waals surface area contributed by atoms with Gasteiger partial charge in [-0.05, 0) is 49.2 Å². The van der Waals surface area contributed by atoms with Crippen molar-refractivity contribution in [1.82, 2.24) is 5.32 Å². The zero-order valence-corrected chi connectivity index (χ0v) is 7.41. The first-order valence-corrected chi connectivity index (χ1v) is 4.67. The molecule has 2 saturated carbocycles. The van der Waals surface area contributed by atoms with E-state index in [-0.39, 0.29) is 0 Å². The third-order valence-electron chi connectivity index (χ3n) is 2.95. The Balaban J connectivity index is 1.80. The summed E-state index contributed by atoms with van der Waals surface area (Å²) in [4.78, 5) is 0. The molecule has 11 heavy (non-hydrogen) atoms. The standard InChI is InChI=1S/C8H14N2S/c9-7(11)10-5-8(3-4-8)6-1-2-6/h6H,1-5H2,(H3,9,10,11). The van der Waals surface area contributed by atoms with Crippen LogP contribution in [0.1, 0.15) is 25.7 Å². The van der Waals surface area contributed by atoms with E-state index in [2.05, 4.69) is 5.32 Å². The lowest BCUT2D eigenvalue weighted by atomic mass is 10.0. The fourth-order valence-corrected chi connectivity index (χ4v) is 1.92. The summed E-state index contributed by atoms with van der Waals surface area (Å²) in [5, 5.41) is 3.53. The van der Waals surface area contributed by atoms with Gasteiger partial charge >= 0.3 is 0 Å². The first kappa shape index (κ1) is 7.35. The van der Waals surface area contributed by atoms with Crippen LogP contribution in [0.2, 0.25) is 0 Å². The molecule has 0 unspecified atom stereocenters. The topological polar surface area (TPSA) is 38.0 Å². The SMILES string of the molecule is NC(=S)NCC1(C2CC2)CC1. The molecule has 0 spiro atoms. The summed E-state index contributed by atoms with van der Waals surface area (Å²) < 4.78 is 0.